The number of rotatable bonds is 1. The summed E-state index contributed by atoms with van der Waals surface area (Å²) in [6.45, 7) is 17.7. The van der Waals surface area contributed by atoms with Crippen LogP contribution in [0.15, 0.2) is 127 Å². The van der Waals surface area contributed by atoms with Crippen molar-refractivity contribution in [2.45, 2.75) is 66.2 Å². The Morgan fingerprint density at radius 2 is 1.04 bits per heavy atom. The molecule has 0 spiro atoms. The first-order valence-corrected chi connectivity index (χ1v) is 25.2. The monoisotopic (exact) mass is 770 g/mol. The minimum absolute atomic E-state index is 0.203. The van der Waals surface area contributed by atoms with Gasteiger partial charge in [0.2, 0.25) is 0 Å². The van der Waals surface area contributed by atoms with Gasteiger partial charge in [0.15, 0.2) is 0 Å². The standard InChI is InChI=1S/C24H17.C21H25.C2H4.2ClH.Zr/c1-16-13-17-8-6-12-22(23(17)14-16)24-15-18-7-2-3-9-19(18)20-10-4-5-11-21(20)24;1-20(2,3)16-7-9-18-14(12-16)11-15-13-17(21(4,5)6)8-10-19(15)18;1-2;;;/h2-15H,1H3;7-13H,1-6H3;1H,2H3;2*1H;/q2*-1;;;;+2/p-2. The van der Waals surface area contributed by atoms with Gasteiger partial charge in [0.1, 0.15) is 0 Å². The van der Waals surface area contributed by atoms with Crippen molar-refractivity contribution in [3.8, 4) is 11.1 Å². The van der Waals surface area contributed by atoms with Crippen molar-refractivity contribution in [1.82, 2.24) is 0 Å². The van der Waals surface area contributed by atoms with Crippen LogP contribution < -0.4 is 0 Å². The van der Waals surface area contributed by atoms with E-state index in [1.165, 1.54) is 81.7 Å². The average molecular weight is 773 g/mol. The molecule has 0 aliphatic carbocycles. The fourth-order valence-electron chi connectivity index (χ4n) is 6.85. The first-order valence-electron chi connectivity index (χ1n) is 17.4. The summed E-state index contributed by atoms with van der Waals surface area (Å²) in [5.74, 6) is 0. The predicted molar refractivity (Wildman–Crippen MR) is 223 cm³/mol. The Balaban J connectivity index is 0.000000154. The normalized spacial score (nSPS) is 11.8. The Hall–Kier alpha value is -3.35. The topological polar surface area (TPSA) is 0 Å². The maximum atomic E-state index is 5.37. The van der Waals surface area contributed by atoms with Gasteiger partial charge in [-0.15, -0.1) is 74.3 Å². The molecule has 0 radical (unpaired) electrons. The molecule has 0 saturated carbocycles. The Labute approximate surface area is 312 Å². The van der Waals surface area contributed by atoms with Gasteiger partial charge in [0.05, 0.1) is 0 Å². The summed E-state index contributed by atoms with van der Waals surface area (Å²) in [6.07, 6.45) is 0. The van der Waals surface area contributed by atoms with Crippen LogP contribution in [0.25, 0.3) is 65.0 Å². The number of halogens is 2. The van der Waals surface area contributed by atoms with E-state index in [-0.39, 0.29) is 10.8 Å². The van der Waals surface area contributed by atoms with Crippen LogP contribution in [0.5, 0.6) is 0 Å². The Morgan fingerprint density at radius 1 is 0.500 bits per heavy atom. The molecule has 8 aromatic carbocycles. The number of hydrogen-bond donors (Lipinski definition) is 0. The van der Waals surface area contributed by atoms with Gasteiger partial charge in [-0.1, -0.05) is 144 Å². The Kier molecular flexibility index (Phi) is 10.7. The van der Waals surface area contributed by atoms with E-state index >= 15 is 0 Å². The van der Waals surface area contributed by atoms with Gasteiger partial charge < -0.3 is 0 Å². The molecule has 0 nitrogen and oxygen atoms in total. The summed E-state index contributed by atoms with van der Waals surface area (Å²) >= 11 is -1.76. The quantitative estimate of drug-likeness (QED) is 0.115. The van der Waals surface area contributed by atoms with Crippen molar-refractivity contribution in [2.24, 2.45) is 0 Å². The largest absolute Gasteiger partial charge is 0.165 e. The van der Waals surface area contributed by atoms with Crippen molar-refractivity contribution < 1.29 is 18.9 Å². The Bertz CT molecular complexity index is 2420. The average Bonchev–Trinajstić information content (AvgIpc) is 3.66. The first-order chi connectivity index (χ1) is 23.7. The van der Waals surface area contributed by atoms with Crippen LogP contribution in [0, 0.1) is 6.92 Å². The molecule has 0 fully saturated rings. The van der Waals surface area contributed by atoms with Crippen LogP contribution in [-0.2, 0) is 29.7 Å². The second kappa shape index (κ2) is 14.7. The molecule has 0 bridgehead atoms. The molecule has 8 aromatic rings. The molecule has 0 N–H and O–H groups in total. The van der Waals surface area contributed by atoms with Crippen LogP contribution in [-0.4, -0.2) is 3.71 Å². The van der Waals surface area contributed by atoms with E-state index in [9.17, 15) is 0 Å². The van der Waals surface area contributed by atoms with Crippen molar-refractivity contribution in [2.75, 3.05) is 0 Å². The first kappa shape index (κ1) is 36.4. The molecule has 3 heteroatoms. The van der Waals surface area contributed by atoms with Crippen LogP contribution in [0.2, 0.25) is 0 Å². The van der Waals surface area contributed by atoms with Crippen molar-refractivity contribution in [1.29, 1.82) is 0 Å². The van der Waals surface area contributed by atoms with Crippen molar-refractivity contribution in [3.05, 3.63) is 144 Å². The third-order valence-electron chi connectivity index (χ3n) is 9.61. The molecule has 8 rings (SSSR count). The van der Waals surface area contributed by atoms with Gasteiger partial charge in [-0.3, -0.25) is 0 Å². The van der Waals surface area contributed by atoms with E-state index in [1.54, 1.807) is 0 Å². The van der Waals surface area contributed by atoms with E-state index < -0.39 is 18.9 Å². The molecule has 0 atom stereocenters. The molecule has 254 valence electrons. The zero-order valence-corrected chi connectivity index (χ0v) is 34.4. The summed E-state index contributed by atoms with van der Waals surface area (Å²) < 4.78 is 1.89. The molecule has 0 saturated heterocycles. The van der Waals surface area contributed by atoms with Gasteiger partial charge in [0, 0.05) is 0 Å². The molecule has 0 aromatic heterocycles. The molecule has 0 heterocycles. The summed E-state index contributed by atoms with van der Waals surface area (Å²) in [4.78, 5) is 0. The SMILES string of the molecule is CC(C)(C)c1ccc2c(c1)[cH-]c1cc(C(C)(C)C)ccc12.C[CH]=[Zr]([Cl])[Cl].Cc1cc2c(-c3cc4ccccc4c4ccccc34)cccc2[cH-]1. The van der Waals surface area contributed by atoms with Gasteiger partial charge in [0.25, 0.3) is 0 Å². The van der Waals surface area contributed by atoms with E-state index in [0.717, 1.165) is 0 Å². The van der Waals surface area contributed by atoms with E-state index in [2.05, 4.69) is 176 Å². The summed E-state index contributed by atoms with van der Waals surface area (Å²) in [5, 5.41) is 13.4. The fourth-order valence-corrected chi connectivity index (χ4v) is 6.85. The third-order valence-corrected chi connectivity index (χ3v) is 13.3. The minimum Gasteiger partial charge on any atom is -0.165 e. The molecular weight excluding hydrogens is 727 g/mol. The van der Waals surface area contributed by atoms with Crippen LogP contribution in [0.1, 0.15) is 65.2 Å². The van der Waals surface area contributed by atoms with Crippen LogP contribution >= 0.6 is 17.0 Å². The summed E-state index contributed by atoms with van der Waals surface area (Å²) in [6, 6.07) is 47.1. The van der Waals surface area contributed by atoms with Crippen LogP contribution in [0.3, 0.4) is 0 Å². The summed E-state index contributed by atoms with van der Waals surface area (Å²) in [5.41, 5.74) is 7.18. The number of fused-ring (bicyclic) bond motifs is 7. The van der Waals surface area contributed by atoms with Gasteiger partial charge in [-0.05, 0) is 44.0 Å². The minimum atomic E-state index is -1.76. The van der Waals surface area contributed by atoms with E-state index in [4.69, 9.17) is 17.0 Å². The van der Waals surface area contributed by atoms with Gasteiger partial charge in [-0.25, -0.2) is 0 Å². The number of benzene rings is 6. The predicted octanol–water partition coefficient (Wildman–Crippen LogP) is 14.9. The summed E-state index contributed by atoms with van der Waals surface area (Å²) in [7, 11) is 10.7. The molecular formula is C47H46Cl2Zr-2. The van der Waals surface area contributed by atoms with E-state index in [1.807, 2.05) is 10.6 Å². The second-order valence-corrected chi connectivity index (χ2v) is 24.2. The molecule has 50 heavy (non-hydrogen) atoms. The molecule has 0 amide bonds. The number of hydrogen-bond acceptors (Lipinski definition) is 0. The molecule has 0 unspecified atom stereocenters. The van der Waals surface area contributed by atoms with E-state index in [0.29, 0.717) is 0 Å². The van der Waals surface area contributed by atoms with Crippen molar-refractivity contribution in [3.63, 3.8) is 0 Å². The second-order valence-electron chi connectivity index (χ2n) is 15.4. The van der Waals surface area contributed by atoms with Crippen molar-refractivity contribution >= 4 is 74.6 Å². The zero-order valence-electron chi connectivity index (χ0n) is 30.5. The fraction of sp³-hybridized carbons (Fsp3) is 0.213. The Morgan fingerprint density at radius 3 is 1.60 bits per heavy atom. The van der Waals surface area contributed by atoms with Crippen LogP contribution in [0.4, 0.5) is 0 Å². The zero-order chi connectivity index (χ0) is 35.8. The number of aryl methyl sites for hydroxylation is 1. The van der Waals surface area contributed by atoms with Gasteiger partial charge in [-0.2, -0.15) is 6.07 Å². The maximum absolute atomic E-state index is 5.37. The maximum Gasteiger partial charge on any atom is -0.00995 e. The molecule has 0 aliphatic rings. The third kappa shape index (κ3) is 7.77. The van der Waals surface area contributed by atoms with Gasteiger partial charge >= 0.3 is 46.5 Å². The smallest absolute Gasteiger partial charge is 0.00995 e. The molecule has 0 aliphatic heterocycles.